The van der Waals surface area contributed by atoms with Crippen molar-refractivity contribution in [1.82, 2.24) is 35.2 Å². The predicted octanol–water partition coefficient (Wildman–Crippen LogP) is 1.71. The van der Waals surface area contributed by atoms with Crippen molar-refractivity contribution >= 4 is 17.0 Å². The van der Waals surface area contributed by atoms with Crippen LogP contribution in [0.4, 0.5) is 5.82 Å². The zero-order valence-corrected chi connectivity index (χ0v) is 13.8. The maximum absolute atomic E-state index is 5.93. The standard InChI is InChI=1S/C16H16N8O/c1-9-3-4-12(24-8-18-10(2)22-24)5-11(9)7-25-13-6-14(17)19-16-15(13)20-23-21-16/h3-6,8H,7H2,1-2H3,(H3,17,19,20,21,23). The number of nitrogens with two attached hydrogens (primary N) is 1. The smallest absolute Gasteiger partial charge is 0.207 e. The van der Waals surface area contributed by atoms with Crippen molar-refractivity contribution in [3.63, 3.8) is 0 Å². The molecule has 0 atom stereocenters. The Morgan fingerprint density at radius 1 is 1.20 bits per heavy atom. The molecule has 0 bridgehead atoms. The number of nitrogens with zero attached hydrogens (tertiary/aromatic N) is 6. The lowest BCUT2D eigenvalue weighted by atomic mass is 10.1. The number of hydrogen-bond acceptors (Lipinski definition) is 7. The van der Waals surface area contributed by atoms with Crippen LogP contribution in [0, 0.1) is 13.8 Å². The molecule has 126 valence electrons. The van der Waals surface area contributed by atoms with Gasteiger partial charge in [0.05, 0.1) is 5.69 Å². The number of nitrogen functional groups attached to an aromatic ring is 1. The van der Waals surface area contributed by atoms with Crippen LogP contribution in [0.5, 0.6) is 5.75 Å². The summed E-state index contributed by atoms with van der Waals surface area (Å²) in [5.74, 6) is 1.59. The number of pyridine rings is 1. The minimum absolute atomic E-state index is 0.333. The second-order valence-electron chi connectivity index (χ2n) is 5.68. The quantitative estimate of drug-likeness (QED) is 0.582. The second kappa shape index (κ2) is 5.86. The first kappa shape index (κ1) is 15.1. The van der Waals surface area contributed by atoms with Gasteiger partial charge in [-0.1, -0.05) is 6.07 Å². The van der Waals surface area contributed by atoms with Gasteiger partial charge in [0, 0.05) is 6.07 Å². The maximum atomic E-state index is 5.93. The van der Waals surface area contributed by atoms with E-state index in [2.05, 4.69) is 30.5 Å². The normalized spacial score (nSPS) is 11.1. The van der Waals surface area contributed by atoms with E-state index in [9.17, 15) is 0 Å². The summed E-state index contributed by atoms with van der Waals surface area (Å²) in [7, 11) is 0. The number of ether oxygens (including phenoxy) is 1. The number of rotatable bonds is 4. The number of anilines is 1. The van der Waals surface area contributed by atoms with Crippen molar-refractivity contribution in [3.05, 3.63) is 47.5 Å². The molecule has 9 heteroatoms. The molecule has 3 N–H and O–H groups in total. The number of aryl methyl sites for hydroxylation is 2. The number of hydrogen-bond donors (Lipinski definition) is 2. The highest BCUT2D eigenvalue weighted by Crippen LogP contribution is 2.25. The Hall–Kier alpha value is -3.49. The molecule has 0 amide bonds. The van der Waals surface area contributed by atoms with Crippen molar-refractivity contribution in [2.24, 2.45) is 0 Å². The summed E-state index contributed by atoms with van der Waals surface area (Å²) in [6.07, 6.45) is 1.69. The van der Waals surface area contributed by atoms with Gasteiger partial charge in [0.1, 0.15) is 24.6 Å². The van der Waals surface area contributed by atoms with E-state index in [4.69, 9.17) is 10.5 Å². The second-order valence-corrected chi connectivity index (χ2v) is 5.68. The van der Waals surface area contributed by atoms with E-state index in [-0.39, 0.29) is 0 Å². The van der Waals surface area contributed by atoms with E-state index < -0.39 is 0 Å². The van der Waals surface area contributed by atoms with Gasteiger partial charge < -0.3 is 10.5 Å². The lowest BCUT2D eigenvalue weighted by molar-refractivity contribution is 0.308. The van der Waals surface area contributed by atoms with E-state index in [1.54, 1.807) is 17.1 Å². The summed E-state index contributed by atoms with van der Waals surface area (Å²) in [5.41, 5.74) is 9.83. The highest BCUT2D eigenvalue weighted by Gasteiger charge is 2.11. The van der Waals surface area contributed by atoms with Crippen LogP contribution >= 0.6 is 0 Å². The highest BCUT2D eigenvalue weighted by molar-refractivity contribution is 5.78. The third-order valence-electron chi connectivity index (χ3n) is 3.86. The molecule has 25 heavy (non-hydrogen) atoms. The molecule has 3 heterocycles. The Kier molecular flexibility index (Phi) is 3.53. The summed E-state index contributed by atoms with van der Waals surface area (Å²) in [6.45, 7) is 4.24. The van der Waals surface area contributed by atoms with E-state index in [1.165, 1.54) is 0 Å². The zero-order valence-electron chi connectivity index (χ0n) is 13.8. The summed E-state index contributed by atoms with van der Waals surface area (Å²) >= 11 is 0. The van der Waals surface area contributed by atoms with Crippen molar-refractivity contribution in [2.45, 2.75) is 20.5 Å². The van der Waals surface area contributed by atoms with Crippen LogP contribution in [-0.4, -0.2) is 35.2 Å². The zero-order chi connectivity index (χ0) is 17.4. The van der Waals surface area contributed by atoms with Gasteiger partial charge in [0.2, 0.25) is 5.65 Å². The molecule has 0 spiro atoms. The summed E-state index contributed by atoms with van der Waals surface area (Å²) in [4.78, 5) is 8.26. The van der Waals surface area contributed by atoms with Crippen LogP contribution in [0.15, 0.2) is 30.6 Å². The fourth-order valence-corrected chi connectivity index (χ4v) is 2.52. The summed E-state index contributed by atoms with van der Waals surface area (Å²) in [6, 6.07) is 7.68. The first-order chi connectivity index (χ1) is 12.1. The molecular weight excluding hydrogens is 320 g/mol. The van der Waals surface area contributed by atoms with Gasteiger partial charge in [-0.25, -0.2) is 14.6 Å². The van der Waals surface area contributed by atoms with Gasteiger partial charge in [0.25, 0.3) is 0 Å². The van der Waals surface area contributed by atoms with Gasteiger partial charge >= 0.3 is 0 Å². The molecule has 3 aromatic heterocycles. The van der Waals surface area contributed by atoms with E-state index in [0.717, 1.165) is 22.6 Å². The maximum Gasteiger partial charge on any atom is 0.207 e. The van der Waals surface area contributed by atoms with Gasteiger partial charge in [-0.3, -0.25) is 0 Å². The topological polar surface area (TPSA) is 120 Å². The minimum Gasteiger partial charge on any atom is -0.486 e. The van der Waals surface area contributed by atoms with Crippen molar-refractivity contribution < 1.29 is 4.74 Å². The molecule has 0 aliphatic carbocycles. The number of nitrogens with one attached hydrogen (secondary N) is 1. The van der Waals surface area contributed by atoms with Crippen LogP contribution in [0.2, 0.25) is 0 Å². The number of aromatic amines is 1. The van der Waals surface area contributed by atoms with Gasteiger partial charge in [-0.2, -0.15) is 15.4 Å². The van der Waals surface area contributed by atoms with Crippen molar-refractivity contribution in [1.29, 1.82) is 0 Å². The molecule has 0 aliphatic rings. The molecular formula is C16H16N8O. The average Bonchev–Trinajstić information content (AvgIpc) is 3.22. The van der Waals surface area contributed by atoms with Crippen LogP contribution in [0.25, 0.3) is 16.9 Å². The van der Waals surface area contributed by atoms with Crippen LogP contribution in [-0.2, 0) is 6.61 Å². The first-order valence-corrected chi connectivity index (χ1v) is 7.68. The number of aromatic nitrogens is 7. The molecule has 0 aliphatic heterocycles. The van der Waals surface area contributed by atoms with Gasteiger partial charge in [-0.05, 0) is 37.1 Å². The summed E-state index contributed by atoms with van der Waals surface area (Å²) < 4.78 is 7.67. The molecule has 0 saturated carbocycles. The van der Waals surface area contributed by atoms with Gasteiger partial charge in [0.15, 0.2) is 11.3 Å². The van der Waals surface area contributed by atoms with Crippen molar-refractivity contribution in [3.8, 4) is 11.4 Å². The van der Waals surface area contributed by atoms with E-state index in [1.807, 2.05) is 32.0 Å². The van der Waals surface area contributed by atoms with Crippen LogP contribution < -0.4 is 10.5 Å². The molecule has 0 unspecified atom stereocenters. The molecule has 4 aromatic rings. The predicted molar refractivity (Wildman–Crippen MR) is 91.3 cm³/mol. The lowest BCUT2D eigenvalue weighted by Gasteiger charge is -2.11. The highest BCUT2D eigenvalue weighted by atomic mass is 16.5. The minimum atomic E-state index is 0.333. The molecule has 1 aromatic carbocycles. The largest absolute Gasteiger partial charge is 0.486 e. The Morgan fingerprint density at radius 3 is 2.88 bits per heavy atom. The Balaban J connectivity index is 1.63. The van der Waals surface area contributed by atoms with Crippen LogP contribution in [0.3, 0.4) is 0 Å². The monoisotopic (exact) mass is 336 g/mol. The van der Waals surface area contributed by atoms with E-state index in [0.29, 0.717) is 29.3 Å². The third-order valence-corrected chi connectivity index (χ3v) is 3.86. The molecule has 0 saturated heterocycles. The molecule has 4 rings (SSSR count). The Bertz CT molecular complexity index is 1050. The SMILES string of the molecule is Cc1ncn(-c2ccc(C)c(COc3cc(N)nc4n[nH]nc34)c2)n1. The lowest BCUT2D eigenvalue weighted by Crippen LogP contribution is -2.03. The van der Waals surface area contributed by atoms with Crippen molar-refractivity contribution in [2.75, 3.05) is 5.73 Å². The average molecular weight is 336 g/mol. The molecule has 9 nitrogen and oxygen atoms in total. The molecule has 0 fully saturated rings. The summed E-state index contributed by atoms with van der Waals surface area (Å²) in [5, 5.41) is 14.9. The third kappa shape index (κ3) is 2.87. The number of benzene rings is 1. The molecule has 0 radical (unpaired) electrons. The van der Waals surface area contributed by atoms with Crippen LogP contribution in [0.1, 0.15) is 17.0 Å². The fourth-order valence-electron chi connectivity index (χ4n) is 2.52. The Labute approximate surface area is 142 Å². The Morgan fingerprint density at radius 2 is 2.08 bits per heavy atom. The van der Waals surface area contributed by atoms with E-state index >= 15 is 0 Å². The fraction of sp³-hybridized carbons (Fsp3) is 0.188. The number of fused-ring (bicyclic) bond motifs is 1. The first-order valence-electron chi connectivity index (χ1n) is 7.68. The number of H-pyrrole nitrogens is 1. The van der Waals surface area contributed by atoms with Gasteiger partial charge in [-0.15, -0.1) is 5.10 Å².